The Hall–Kier alpha value is -1.43. The van der Waals surface area contributed by atoms with Crippen LogP contribution in [0, 0.1) is 6.92 Å². The van der Waals surface area contributed by atoms with Crippen molar-refractivity contribution in [3.8, 4) is 0 Å². The smallest absolute Gasteiger partial charge is 0.206 e. The van der Waals surface area contributed by atoms with Crippen LogP contribution in [0.1, 0.15) is 23.7 Å². The van der Waals surface area contributed by atoms with Crippen molar-refractivity contribution in [1.82, 2.24) is 20.0 Å². The highest BCUT2D eigenvalue weighted by Crippen LogP contribution is 2.20. The zero-order chi connectivity index (χ0) is 10.8. The number of rotatable bonds is 3. The van der Waals surface area contributed by atoms with Crippen LogP contribution >= 0.6 is 11.3 Å². The van der Waals surface area contributed by atoms with Crippen molar-refractivity contribution in [3.05, 3.63) is 23.0 Å². The first-order chi connectivity index (χ1) is 7.16. The van der Waals surface area contributed by atoms with Crippen LogP contribution in [-0.4, -0.2) is 20.0 Å². The number of hydrogen-bond donors (Lipinski definition) is 1. The van der Waals surface area contributed by atoms with Gasteiger partial charge in [0.25, 0.3) is 0 Å². The van der Waals surface area contributed by atoms with E-state index >= 15 is 0 Å². The number of aromatic nitrogens is 4. The first-order valence-corrected chi connectivity index (χ1v) is 5.53. The van der Waals surface area contributed by atoms with E-state index in [1.807, 2.05) is 24.7 Å². The number of nitrogens with zero attached hydrogens (tertiary/aromatic N) is 4. The molecule has 2 heterocycles. The lowest BCUT2D eigenvalue weighted by Crippen LogP contribution is -2.11. The van der Waals surface area contributed by atoms with E-state index in [2.05, 4.69) is 27.5 Å². The van der Waals surface area contributed by atoms with Gasteiger partial charge in [-0.3, -0.25) is 4.68 Å². The Bertz CT molecular complexity index is 447. The monoisotopic (exact) mass is 223 g/mol. The quantitative estimate of drug-likeness (QED) is 0.861. The van der Waals surface area contributed by atoms with Crippen molar-refractivity contribution in [2.75, 3.05) is 5.32 Å². The first kappa shape index (κ1) is 10.1. The summed E-state index contributed by atoms with van der Waals surface area (Å²) >= 11 is 1.56. The van der Waals surface area contributed by atoms with E-state index in [-0.39, 0.29) is 6.04 Å². The number of anilines is 1. The fourth-order valence-corrected chi connectivity index (χ4v) is 2.10. The Balaban J connectivity index is 2.10. The van der Waals surface area contributed by atoms with Crippen molar-refractivity contribution < 1.29 is 0 Å². The van der Waals surface area contributed by atoms with Crippen molar-refractivity contribution in [2.24, 2.45) is 7.05 Å². The first-order valence-electron chi connectivity index (χ1n) is 4.71. The third-order valence-electron chi connectivity index (χ3n) is 2.17. The van der Waals surface area contributed by atoms with Gasteiger partial charge in [-0.15, -0.1) is 10.2 Å². The highest BCUT2D eigenvalue weighted by atomic mass is 32.1. The third-order valence-corrected chi connectivity index (χ3v) is 2.94. The van der Waals surface area contributed by atoms with Crippen molar-refractivity contribution in [1.29, 1.82) is 0 Å². The molecule has 0 radical (unpaired) electrons. The molecule has 0 fully saturated rings. The Labute approximate surface area is 92.2 Å². The van der Waals surface area contributed by atoms with E-state index in [9.17, 15) is 0 Å². The van der Waals surface area contributed by atoms with Gasteiger partial charge in [-0.05, 0) is 19.9 Å². The molecule has 0 aromatic carbocycles. The molecule has 1 unspecified atom stereocenters. The Morgan fingerprint density at radius 3 is 2.80 bits per heavy atom. The average molecular weight is 223 g/mol. The Morgan fingerprint density at radius 1 is 1.47 bits per heavy atom. The highest BCUT2D eigenvalue weighted by Gasteiger charge is 2.10. The summed E-state index contributed by atoms with van der Waals surface area (Å²) < 4.78 is 1.85. The summed E-state index contributed by atoms with van der Waals surface area (Å²) in [5.41, 5.74) is 1.13. The SMILES string of the molecule is Cc1nnc(NC(C)c2ccnn2C)s1. The lowest BCUT2D eigenvalue weighted by atomic mass is 10.2. The number of aryl methyl sites for hydroxylation is 2. The van der Waals surface area contributed by atoms with Crippen molar-refractivity contribution in [2.45, 2.75) is 19.9 Å². The van der Waals surface area contributed by atoms with E-state index in [1.54, 1.807) is 17.5 Å². The molecule has 0 saturated heterocycles. The third kappa shape index (κ3) is 2.15. The summed E-state index contributed by atoms with van der Waals surface area (Å²) in [6, 6.07) is 2.18. The molecule has 0 spiro atoms. The van der Waals surface area contributed by atoms with Gasteiger partial charge >= 0.3 is 0 Å². The standard InChI is InChI=1S/C9H13N5S/c1-6(8-4-5-10-14(8)3)11-9-13-12-7(2)15-9/h4-6H,1-3H3,(H,11,13). The molecule has 0 bridgehead atoms. The largest absolute Gasteiger partial charge is 0.352 e. The average Bonchev–Trinajstić information content (AvgIpc) is 2.75. The molecule has 0 saturated carbocycles. The summed E-state index contributed by atoms with van der Waals surface area (Å²) in [5.74, 6) is 0. The van der Waals surface area contributed by atoms with E-state index in [4.69, 9.17) is 0 Å². The topological polar surface area (TPSA) is 55.6 Å². The molecular weight excluding hydrogens is 210 g/mol. The minimum absolute atomic E-state index is 0.185. The van der Waals surface area contributed by atoms with Gasteiger partial charge in [0.1, 0.15) is 5.01 Å². The maximum Gasteiger partial charge on any atom is 0.206 e. The second-order valence-electron chi connectivity index (χ2n) is 3.37. The lowest BCUT2D eigenvalue weighted by molar-refractivity contribution is 0.675. The summed E-state index contributed by atoms with van der Waals surface area (Å²) in [5, 5.41) is 17.2. The second kappa shape index (κ2) is 3.98. The van der Waals surface area contributed by atoms with E-state index in [0.29, 0.717) is 0 Å². The van der Waals surface area contributed by atoms with Gasteiger partial charge in [-0.1, -0.05) is 11.3 Å². The predicted octanol–water partition coefficient (Wildman–Crippen LogP) is 1.75. The molecule has 1 atom stereocenters. The van der Waals surface area contributed by atoms with Crippen molar-refractivity contribution >= 4 is 16.5 Å². The molecular formula is C9H13N5S. The van der Waals surface area contributed by atoms with Gasteiger partial charge in [0.2, 0.25) is 5.13 Å². The molecule has 2 aromatic heterocycles. The maximum atomic E-state index is 4.13. The Kier molecular flexibility index (Phi) is 2.68. The second-order valence-corrected chi connectivity index (χ2v) is 4.55. The molecule has 0 amide bonds. The van der Waals surface area contributed by atoms with Crippen LogP contribution in [0.4, 0.5) is 5.13 Å². The van der Waals surface area contributed by atoms with Gasteiger partial charge in [0.05, 0.1) is 11.7 Å². The van der Waals surface area contributed by atoms with Gasteiger partial charge in [0, 0.05) is 13.2 Å². The molecule has 0 aliphatic rings. The molecule has 80 valence electrons. The number of nitrogens with one attached hydrogen (secondary N) is 1. The van der Waals surface area contributed by atoms with Crippen LogP contribution in [0.2, 0.25) is 0 Å². The normalized spacial score (nSPS) is 12.7. The summed E-state index contributed by atoms with van der Waals surface area (Å²) in [6.45, 7) is 4.02. The minimum Gasteiger partial charge on any atom is -0.352 e. The maximum absolute atomic E-state index is 4.13. The number of hydrogen-bond acceptors (Lipinski definition) is 5. The minimum atomic E-state index is 0.185. The predicted molar refractivity (Wildman–Crippen MR) is 59.9 cm³/mol. The molecule has 6 heteroatoms. The fourth-order valence-electron chi connectivity index (χ4n) is 1.42. The molecule has 0 aliphatic carbocycles. The molecule has 2 aromatic rings. The summed E-state index contributed by atoms with van der Waals surface area (Å²) in [7, 11) is 1.93. The molecule has 1 N–H and O–H groups in total. The summed E-state index contributed by atoms with van der Waals surface area (Å²) in [6.07, 6.45) is 1.79. The zero-order valence-corrected chi connectivity index (χ0v) is 9.75. The molecule has 5 nitrogen and oxygen atoms in total. The van der Waals surface area contributed by atoms with Crippen LogP contribution < -0.4 is 5.32 Å². The van der Waals surface area contributed by atoms with Gasteiger partial charge in [-0.2, -0.15) is 5.10 Å². The zero-order valence-electron chi connectivity index (χ0n) is 8.93. The van der Waals surface area contributed by atoms with E-state index in [0.717, 1.165) is 15.8 Å². The van der Waals surface area contributed by atoms with Gasteiger partial charge < -0.3 is 5.32 Å². The molecule has 0 aliphatic heterocycles. The van der Waals surface area contributed by atoms with Crippen molar-refractivity contribution in [3.63, 3.8) is 0 Å². The van der Waals surface area contributed by atoms with Crippen LogP contribution in [0.15, 0.2) is 12.3 Å². The van der Waals surface area contributed by atoms with Crippen LogP contribution in [0.3, 0.4) is 0 Å². The van der Waals surface area contributed by atoms with Gasteiger partial charge in [0.15, 0.2) is 0 Å². The van der Waals surface area contributed by atoms with Crippen LogP contribution in [0.5, 0.6) is 0 Å². The van der Waals surface area contributed by atoms with E-state index in [1.165, 1.54) is 0 Å². The van der Waals surface area contributed by atoms with Crippen LogP contribution in [0.25, 0.3) is 0 Å². The highest BCUT2D eigenvalue weighted by molar-refractivity contribution is 7.15. The fraction of sp³-hybridized carbons (Fsp3) is 0.444. The van der Waals surface area contributed by atoms with E-state index < -0.39 is 0 Å². The Morgan fingerprint density at radius 2 is 2.27 bits per heavy atom. The molecule has 15 heavy (non-hydrogen) atoms. The lowest BCUT2D eigenvalue weighted by Gasteiger charge is -2.12. The van der Waals surface area contributed by atoms with Gasteiger partial charge in [-0.25, -0.2) is 0 Å². The van der Waals surface area contributed by atoms with Crippen LogP contribution in [-0.2, 0) is 7.05 Å². The summed E-state index contributed by atoms with van der Waals surface area (Å²) in [4.78, 5) is 0. The molecule has 2 rings (SSSR count).